The van der Waals surface area contributed by atoms with E-state index >= 15 is 0 Å². The topological polar surface area (TPSA) is 81.6 Å². The summed E-state index contributed by atoms with van der Waals surface area (Å²) < 4.78 is 7.30. The van der Waals surface area contributed by atoms with Crippen LogP contribution in [0.25, 0.3) is 0 Å². The van der Waals surface area contributed by atoms with E-state index in [1.165, 1.54) is 0 Å². The van der Waals surface area contributed by atoms with E-state index in [0.29, 0.717) is 19.0 Å². The van der Waals surface area contributed by atoms with Gasteiger partial charge in [-0.15, -0.1) is 0 Å². The van der Waals surface area contributed by atoms with Crippen molar-refractivity contribution in [1.82, 2.24) is 4.57 Å². The number of hydrogen-bond acceptors (Lipinski definition) is 3. The van der Waals surface area contributed by atoms with Crippen molar-refractivity contribution in [1.29, 1.82) is 0 Å². The van der Waals surface area contributed by atoms with Gasteiger partial charge < -0.3 is 20.4 Å². The second-order valence-corrected chi connectivity index (χ2v) is 7.00. The van der Waals surface area contributed by atoms with Gasteiger partial charge in [0.05, 0.1) is 19.2 Å². The Morgan fingerprint density at radius 2 is 1.72 bits per heavy atom. The van der Waals surface area contributed by atoms with Gasteiger partial charge in [0.25, 0.3) is 5.56 Å². The lowest BCUT2D eigenvalue weighted by molar-refractivity contribution is 0.242. The fourth-order valence-electron chi connectivity index (χ4n) is 2.79. The Kier molecular flexibility index (Phi) is 6.68. The van der Waals surface area contributed by atoms with Gasteiger partial charge in [-0.05, 0) is 55.3 Å². The van der Waals surface area contributed by atoms with Gasteiger partial charge in [0, 0.05) is 18.0 Å². The second-order valence-electron chi connectivity index (χ2n) is 7.00. The molecule has 150 valence electrons. The number of aromatic nitrogens is 1. The van der Waals surface area contributed by atoms with Gasteiger partial charge in [-0.1, -0.05) is 30.3 Å². The normalized spacial score (nSPS) is 11.5. The maximum atomic E-state index is 11.8. The highest BCUT2D eigenvalue weighted by atomic mass is 16.5. The first-order chi connectivity index (χ1) is 14.0. The zero-order valence-electron chi connectivity index (χ0n) is 16.7. The molecule has 0 aliphatic heterocycles. The van der Waals surface area contributed by atoms with E-state index in [4.69, 9.17) is 10.5 Å². The standard InChI is InChI=1S/C23H26N4O2/c1-17(2)29-21-12-10-20(11-13-21)26-23(24)25-15-18-6-8-19(9-7-18)16-27-14-4-3-5-22(27)28/h3-14,17H,15-16H2,1-2H3,(H3,24,25,26). The van der Waals surface area contributed by atoms with Crippen LogP contribution in [0.4, 0.5) is 5.69 Å². The van der Waals surface area contributed by atoms with Crippen LogP contribution in [-0.4, -0.2) is 16.6 Å². The summed E-state index contributed by atoms with van der Waals surface area (Å²) in [7, 11) is 0. The third kappa shape index (κ3) is 6.24. The average molecular weight is 390 g/mol. The van der Waals surface area contributed by atoms with E-state index in [0.717, 1.165) is 22.6 Å². The predicted molar refractivity (Wildman–Crippen MR) is 117 cm³/mol. The molecule has 0 saturated heterocycles. The van der Waals surface area contributed by atoms with Gasteiger partial charge in [0.2, 0.25) is 0 Å². The third-order valence-electron chi connectivity index (χ3n) is 4.21. The number of anilines is 1. The fraction of sp³-hybridized carbons (Fsp3) is 0.217. The number of pyridine rings is 1. The molecule has 3 N–H and O–H groups in total. The molecule has 0 amide bonds. The summed E-state index contributed by atoms with van der Waals surface area (Å²) in [4.78, 5) is 16.2. The van der Waals surface area contributed by atoms with Crippen molar-refractivity contribution < 1.29 is 4.74 Å². The lowest BCUT2D eigenvalue weighted by Gasteiger charge is -2.11. The van der Waals surface area contributed by atoms with Crippen LogP contribution >= 0.6 is 0 Å². The molecule has 0 atom stereocenters. The largest absolute Gasteiger partial charge is 0.491 e. The highest BCUT2D eigenvalue weighted by Gasteiger charge is 2.01. The zero-order valence-corrected chi connectivity index (χ0v) is 16.7. The minimum Gasteiger partial charge on any atom is -0.491 e. The van der Waals surface area contributed by atoms with Crippen LogP contribution < -0.4 is 21.3 Å². The number of rotatable bonds is 7. The van der Waals surface area contributed by atoms with Gasteiger partial charge in [-0.25, -0.2) is 4.99 Å². The zero-order chi connectivity index (χ0) is 20.6. The highest BCUT2D eigenvalue weighted by Crippen LogP contribution is 2.16. The summed E-state index contributed by atoms with van der Waals surface area (Å²) in [5.74, 6) is 1.17. The van der Waals surface area contributed by atoms with Crippen LogP contribution in [0.3, 0.4) is 0 Å². The molecule has 1 aromatic heterocycles. The monoisotopic (exact) mass is 390 g/mol. The summed E-state index contributed by atoms with van der Waals surface area (Å²) in [6.07, 6.45) is 1.93. The van der Waals surface area contributed by atoms with Crippen LogP contribution in [0.5, 0.6) is 5.75 Å². The van der Waals surface area contributed by atoms with E-state index in [9.17, 15) is 4.79 Å². The molecule has 3 rings (SSSR count). The van der Waals surface area contributed by atoms with Crippen molar-refractivity contribution in [3.05, 3.63) is 94.4 Å². The van der Waals surface area contributed by atoms with Crippen molar-refractivity contribution >= 4 is 11.6 Å². The average Bonchev–Trinajstić information content (AvgIpc) is 2.70. The summed E-state index contributed by atoms with van der Waals surface area (Å²) in [5, 5.41) is 3.08. The van der Waals surface area contributed by atoms with Crippen LogP contribution in [0, 0.1) is 0 Å². The molecule has 3 aromatic rings. The number of nitrogens with one attached hydrogen (secondary N) is 1. The molecule has 0 radical (unpaired) electrons. The molecule has 29 heavy (non-hydrogen) atoms. The van der Waals surface area contributed by atoms with Crippen molar-refractivity contribution in [2.24, 2.45) is 10.7 Å². The van der Waals surface area contributed by atoms with E-state index in [1.54, 1.807) is 22.9 Å². The molecule has 0 saturated carbocycles. The molecule has 0 bridgehead atoms. The molecular weight excluding hydrogens is 364 g/mol. The Bertz CT molecular complexity index is 1010. The summed E-state index contributed by atoms with van der Waals surface area (Å²) in [6.45, 7) is 5.00. The maximum absolute atomic E-state index is 11.8. The number of nitrogens with zero attached hydrogens (tertiary/aromatic N) is 2. The number of guanidine groups is 1. The number of aliphatic imine (C=N–C) groups is 1. The highest BCUT2D eigenvalue weighted by molar-refractivity contribution is 5.92. The maximum Gasteiger partial charge on any atom is 0.250 e. The Morgan fingerprint density at radius 3 is 2.38 bits per heavy atom. The lowest BCUT2D eigenvalue weighted by Crippen LogP contribution is -2.22. The van der Waals surface area contributed by atoms with E-state index in [2.05, 4.69) is 10.3 Å². The Hall–Kier alpha value is -3.54. The van der Waals surface area contributed by atoms with Crippen LogP contribution in [0.2, 0.25) is 0 Å². The molecule has 0 unspecified atom stereocenters. The third-order valence-corrected chi connectivity index (χ3v) is 4.21. The molecule has 0 fully saturated rings. The number of ether oxygens (including phenoxy) is 1. The first-order valence-corrected chi connectivity index (χ1v) is 9.56. The van der Waals surface area contributed by atoms with E-state index < -0.39 is 0 Å². The van der Waals surface area contributed by atoms with Gasteiger partial charge in [-0.2, -0.15) is 0 Å². The lowest BCUT2D eigenvalue weighted by atomic mass is 10.1. The molecule has 0 spiro atoms. The van der Waals surface area contributed by atoms with Crippen LogP contribution in [0.15, 0.2) is 82.7 Å². The number of benzene rings is 2. The second kappa shape index (κ2) is 9.59. The molecule has 6 heteroatoms. The van der Waals surface area contributed by atoms with Crippen LogP contribution in [-0.2, 0) is 13.1 Å². The first kappa shape index (κ1) is 20.2. The number of nitrogens with two attached hydrogens (primary N) is 1. The molecule has 0 aliphatic carbocycles. The summed E-state index contributed by atoms with van der Waals surface area (Å²) >= 11 is 0. The number of hydrogen-bond donors (Lipinski definition) is 2. The predicted octanol–water partition coefficient (Wildman–Crippen LogP) is 3.61. The van der Waals surface area contributed by atoms with E-state index in [1.807, 2.05) is 68.4 Å². The quantitative estimate of drug-likeness (QED) is 0.477. The van der Waals surface area contributed by atoms with Crippen molar-refractivity contribution in [2.75, 3.05) is 5.32 Å². The SMILES string of the molecule is CC(C)Oc1ccc(NC(N)=NCc2ccc(Cn3ccccc3=O)cc2)cc1. The Labute approximate surface area is 170 Å². The van der Waals surface area contributed by atoms with Crippen molar-refractivity contribution in [3.63, 3.8) is 0 Å². The fourth-order valence-corrected chi connectivity index (χ4v) is 2.79. The van der Waals surface area contributed by atoms with Gasteiger partial charge in [0.15, 0.2) is 5.96 Å². The minimum atomic E-state index is -0.0103. The molecule has 6 nitrogen and oxygen atoms in total. The van der Waals surface area contributed by atoms with Gasteiger partial charge in [0.1, 0.15) is 5.75 Å². The Balaban J connectivity index is 1.55. The smallest absolute Gasteiger partial charge is 0.250 e. The molecule has 0 aliphatic rings. The molecular formula is C23H26N4O2. The summed E-state index contributed by atoms with van der Waals surface area (Å²) in [5.41, 5.74) is 8.93. The summed E-state index contributed by atoms with van der Waals surface area (Å²) in [6, 6.07) is 20.7. The van der Waals surface area contributed by atoms with Gasteiger partial charge in [-0.3, -0.25) is 4.79 Å². The molecule has 2 aromatic carbocycles. The van der Waals surface area contributed by atoms with Crippen molar-refractivity contribution in [2.45, 2.75) is 33.0 Å². The van der Waals surface area contributed by atoms with Crippen molar-refractivity contribution in [3.8, 4) is 5.75 Å². The molecule has 1 heterocycles. The minimum absolute atomic E-state index is 0.0103. The Morgan fingerprint density at radius 1 is 1.03 bits per heavy atom. The first-order valence-electron chi connectivity index (χ1n) is 9.56. The van der Waals surface area contributed by atoms with Gasteiger partial charge >= 0.3 is 0 Å². The van der Waals surface area contributed by atoms with Crippen LogP contribution in [0.1, 0.15) is 25.0 Å². The van der Waals surface area contributed by atoms with E-state index in [-0.39, 0.29) is 11.7 Å².